The molecule has 2 fully saturated rings. The molecule has 2 saturated heterocycles. The molecular weight excluding hydrogens is 388 g/mol. The summed E-state index contributed by atoms with van der Waals surface area (Å²) in [7, 11) is 0. The molecule has 2 heterocycles. The molecule has 1 aromatic carbocycles. The number of aliphatic hydroxyl groups is 1. The summed E-state index contributed by atoms with van der Waals surface area (Å²) in [5.41, 5.74) is -0.0855. The SMILES string of the molecule is O=C(O)c1ccc(C(=O)O[C@@]2(O[N+](=O)[O-])CO[C@@H]3[C@H](O)CO[C@@H]32)cc1.[NaH].[NaH]. The standard InChI is InChI=1S/C14H13NO10.2Na.2H/c16-9-5-22-11-10(9)23-6-14(11,25-15(20)21)24-13(19)8-3-1-7(2-4-8)12(17)18;;;;/h1-4,9-11,16H,5-6H2,(H,17,18);;;;/t9-,10-,11+,14-;;;;/m1..../s1. The Balaban J connectivity index is 0.00000182. The van der Waals surface area contributed by atoms with Gasteiger partial charge in [0.15, 0.2) is 6.10 Å². The minimum absolute atomic E-state index is 0. The van der Waals surface area contributed by atoms with Crippen LogP contribution in [0.2, 0.25) is 0 Å². The Morgan fingerprint density at radius 2 is 1.78 bits per heavy atom. The van der Waals surface area contributed by atoms with Crippen molar-refractivity contribution in [3.8, 4) is 0 Å². The number of rotatable bonds is 5. The Kier molecular flexibility index (Phi) is 8.66. The Bertz CT molecular complexity index is 714. The van der Waals surface area contributed by atoms with Crippen LogP contribution in [-0.2, 0) is 19.0 Å². The number of aromatic carboxylic acids is 1. The summed E-state index contributed by atoms with van der Waals surface area (Å²) in [6.45, 7) is -0.650. The number of carboxylic acids is 1. The zero-order chi connectivity index (χ0) is 18.2. The Morgan fingerprint density at radius 3 is 2.33 bits per heavy atom. The number of esters is 1. The molecule has 3 rings (SSSR count). The van der Waals surface area contributed by atoms with Crippen molar-refractivity contribution in [2.24, 2.45) is 0 Å². The fraction of sp³-hybridized carbons (Fsp3) is 0.429. The van der Waals surface area contributed by atoms with E-state index in [2.05, 4.69) is 4.84 Å². The first-order valence-corrected chi connectivity index (χ1v) is 7.14. The first kappa shape index (κ1) is 24.3. The van der Waals surface area contributed by atoms with Crippen molar-refractivity contribution >= 4 is 71.1 Å². The summed E-state index contributed by atoms with van der Waals surface area (Å²) in [6.07, 6.45) is -3.13. The molecule has 0 spiro atoms. The van der Waals surface area contributed by atoms with Gasteiger partial charge in [0.1, 0.15) is 18.8 Å². The predicted octanol–water partition coefficient (Wildman–Crippen LogP) is -1.69. The van der Waals surface area contributed by atoms with E-state index in [4.69, 9.17) is 19.3 Å². The van der Waals surface area contributed by atoms with Gasteiger partial charge in [0.05, 0.1) is 17.7 Å². The molecule has 2 N–H and O–H groups in total. The van der Waals surface area contributed by atoms with Crippen LogP contribution in [-0.4, -0.2) is 124 Å². The molecule has 1 aromatic rings. The van der Waals surface area contributed by atoms with E-state index in [1.54, 1.807) is 0 Å². The second-order valence-electron chi connectivity index (χ2n) is 5.50. The number of hydrogen-bond donors (Lipinski definition) is 2. The van der Waals surface area contributed by atoms with E-state index < -0.39 is 47.7 Å². The van der Waals surface area contributed by atoms with E-state index in [1.165, 1.54) is 24.3 Å². The molecule has 4 atom stereocenters. The van der Waals surface area contributed by atoms with Gasteiger partial charge in [0.25, 0.3) is 5.09 Å². The van der Waals surface area contributed by atoms with Crippen LogP contribution in [0.1, 0.15) is 20.7 Å². The second kappa shape index (κ2) is 9.63. The second-order valence-corrected chi connectivity index (χ2v) is 5.50. The first-order chi connectivity index (χ1) is 11.8. The number of benzene rings is 1. The maximum absolute atomic E-state index is 12.3. The van der Waals surface area contributed by atoms with Crippen LogP contribution in [0, 0.1) is 10.1 Å². The maximum atomic E-state index is 12.3. The number of nitrogens with zero attached hydrogens (tertiary/aromatic N) is 1. The molecule has 27 heavy (non-hydrogen) atoms. The van der Waals surface area contributed by atoms with Crippen LogP contribution in [0.15, 0.2) is 24.3 Å². The molecular formula is C14H15NNa2O10. The molecule has 0 bridgehead atoms. The molecule has 13 heteroatoms. The van der Waals surface area contributed by atoms with Gasteiger partial charge in [-0.3, -0.25) is 4.84 Å². The first-order valence-electron chi connectivity index (χ1n) is 7.14. The van der Waals surface area contributed by atoms with Gasteiger partial charge in [-0.05, 0) is 24.3 Å². The Morgan fingerprint density at radius 1 is 1.19 bits per heavy atom. The van der Waals surface area contributed by atoms with Crippen molar-refractivity contribution in [2.75, 3.05) is 13.2 Å². The summed E-state index contributed by atoms with van der Waals surface area (Å²) in [6, 6.07) is 4.76. The number of ether oxygens (including phenoxy) is 3. The third kappa shape index (κ3) is 5.00. The zero-order valence-corrected chi connectivity index (χ0v) is 12.6. The normalized spacial score (nSPS) is 28.3. The van der Waals surface area contributed by atoms with E-state index in [9.17, 15) is 24.8 Å². The molecule has 11 nitrogen and oxygen atoms in total. The molecule has 138 valence electrons. The number of fused-ring (bicyclic) bond motifs is 1. The van der Waals surface area contributed by atoms with Crippen molar-refractivity contribution in [3.05, 3.63) is 45.5 Å². The number of hydrogen-bond acceptors (Lipinski definition) is 9. The zero-order valence-electron chi connectivity index (χ0n) is 12.6. The molecule has 0 aromatic heterocycles. The fourth-order valence-electron chi connectivity index (χ4n) is 2.74. The summed E-state index contributed by atoms with van der Waals surface area (Å²) in [4.78, 5) is 38.5. The van der Waals surface area contributed by atoms with Crippen molar-refractivity contribution in [2.45, 2.75) is 24.1 Å². The topological polar surface area (TPSA) is 155 Å². The minimum atomic E-state index is -2.16. The molecule has 0 amide bonds. The quantitative estimate of drug-likeness (QED) is 0.191. The third-order valence-electron chi connectivity index (χ3n) is 3.90. The molecule has 2 aliphatic rings. The predicted molar refractivity (Wildman–Crippen MR) is 89.4 cm³/mol. The molecule has 0 aliphatic carbocycles. The Hall–Kier alpha value is -0.760. The number of aliphatic hydroxyl groups excluding tert-OH is 1. The van der Waals surface area contributed by atoms with Crippen LogP contribution in [0.5, 0.6) is 0 Å². The van der Waals surface area contributed by atoms with Gasteiger partial charge in [0.2, 0.25) is 0 Å². The number of carbonyl (C=O) groups excluding carboxylic acids is 1. The van der Waals surface area contributed by atoms with Crippen LogP contribution < -0.4 is 0 Å². The summed E-state index contributed by atoms with van der Waals surface area (Å²) in [5.74, 6) is -4.32. The van der Waals surface area contributed by atoms with E-state index >= 15 is 0 Å². The van der Waals surface area contributed by atoms with Crippen LogP contribution in [0.25, 0.3) is 0 Å². The summed E-state index contributed by atoms with van der Waals surface area (Å²) in [5, 5.41) is 28.3. The van der Waals surface area contributed by atoms with Gasteiger partial charge in [-0.2, -0.15) is 0 Å². The Labute approximate surface area is 196 Å². The van der Waals surface area contributed by atoms with E-state index in [0.29, 0.717) is 0 Å². The summed E-state index contributed by atoms with van der Waals surface area (Å²) >= 11 is 0. The number of carboxylic acid groups (broad SMARTS) is 1. The summed E-state index contributed by atoms with van der Waals surface area (Å²) < 4.78 is 15.6. The van der Waals surface area contributed by atoms with E-state index in [-0.39, 0.29) is 76.8 Å². The van der Waals surface area contributed by atoms with Gasteiger partial charge >= 0.3 is 76.8 Å². The van der Waals surface area contributed by atoms with Crippen LogP contribution in [0.3, 0.4) is 0 Å². The van der Waals surface area contributed by atoms with Gasteiger partial charge in [0, 0.05) is 0 Å². The van der Waals surface area contributed by atoms with Crippen molar-refractivity contribution in [1.82, 2.24) is 0 Å². The average Bonchev–Trinajstić information content (AvgIpc) is 3.09. The van der Waals surface area contributed by atoms with Crippen molar-refractivity contribution in [3.63, 3.8) is 0 Å². The van der Waals surface area contributed by atoms with Crippen LogP contribution in [0.4, 0.5) is 0 Å². The van der Waals surface area contributed by atoms with E-state index in [0.717, 1.165) is 0 Å². The van der Waals surface area contributed by atoms with Gasteiger partial charge in [-0.25, -0.2) is 9.59 Å². The average molecular weight is 403 g/mol. The van der Waals surface area contributed by atoms with Gasteiger partial charge < -0.3 is 24.4 Å². The van der Waals surface area contributed by atoms with Crippen LogP contribution >= 0.6 is 0 Å². The molecule has 0 saturated carbocycles. The fourth-order valence-corrected chi connectivity index (χ4v) is 2.74. The monoisotopic (exact) mass is 403 g/mol. The van der Waals surface area contributed by atoms with Crippen molar-refractivity contribution < 1.29 is 43.9 Å². The molecule has 0 radical (unpaired) electrons. The molecule has 0 unspecified atom stereocenters. The van der Waals surface area contributed by atoms with Gasteiger partial charge in [-0.1, -0.05) is 0 Å². The third-order valence-corrected chi connectivity index (χ3v) is 3.90. The molecule has 2 aliphatic heterocycles. The number of carbonyl (C=O) groups is 2. The van der Waals surface area contributed by atoms with Gasteiger partial charge in [-0.15, -0.1) is 10.1 Å². The van der Waals surface area contributed by atoms with Crippen molar-refractivity contribution in [1.29, 1.82) is 0 Å². The van der Waals surface area contributed by atoms with E-state index in [1.807, 2.05) is 0 Å².